The minimum Gasteiger partial charge on any atom is -0.497 e. The fourth-order valence-electron chi connectivity index (χ4n) is 0.611. The van der Waals surface area contributed by atoms with Gasteiger partial charge in [-0.15, -0.1) is 0 Å². The summed E-state index contributed by atoms with van der Waals surface area (Å²) in [4.78, 5) is 0. The molecule has 1 heterocycles. The molecule has 0 bridgehead atoms. The number of ether oxygens (including phenoxy) is 1. The zero-order chi connectivity index (χ0) is 5.11. The lowest BCUT2D eigenvalue weighted by Gasteiger charge is -1.95. The molecule has 0 amide bonds. The summed E-state index contributed by atoms with van der Waals surface area (Å²) in [5, 5.41) is 0. The van der Waals surface area contributed by atoms with Crippen LogP contribution in [0.2, 0.25) is 0 Å². The molecule has 40 valence electrons. The topological polar surface area (TPSA) is 35.2 Å². The van der Waals surface area contributed by atoms with Gasteiger partial charge >= 0.3 is 0 Å². The molecular weight excluding hydrogens is 90.1 g/mol. The molecule has 0 atom stereocenters. The van der Waals surface area contributed by atoms with Crippen LogP contribution in [0.1, 0.15) is 6.42 Å². The molecule has 0 saturated heterocycles. The molecule has 0 aromatic heterocycles. The highest BCUT2D eigenvalue weighted by molar-refractivity contribution is 4.98. The Balaban J connectivity index is 2.36. The third kappa shape index (κ3) is 0.933. The SMILES string of the molecule is NCC1=CCCO1. The molecule has 0 aromatic carbocycles. The Bertz CT molecular complexity index is 88.1. The fraction of sp³-hybridized carbons (Fsp3) is 0.600. The summed E-state index contributed by atoms with van der Waals surface area (Å²) in [6.07, 6.45) is 3.06. The van der Waals surface area contributed by atoms with Crippen molar-refractivity contribution in [3.63, 3.8) is 0 Å². The van der Waals surface area contributed by atoms with Crippen molar-refractivity contribution in [3.8, 4) is 0 Å². The molecule has 0 spiro atoms. The van der Waals surface area contributed by atoms with Crippen molar-refractivity contribution >= 4 is 0 Å². The van der Waals surface area contributed by atoms with Gasteiger partial charge in [-0.2, -0.15) is 0 Å². The largest absolute Gasteiger partial charge is 0.497 e. The second-order valence-electron chi connectivity index (χ2n) is 1.51. The molecule has 7 heavy (non-hydrogen) atoms. The molecule has 2 nitrogen and oxygen atoms in total. The molecule has 1 rings (SSSR count). The molecule has 0 saturated carbocycles. The summed E-state index contributed by atoms with van der Waals surface area (Å²) in [5.74, 6) is 0.944. The Hall–Kier alpha value is -0.500. The van der Waals surface area contributed by atoms with Gasteiger partial charge < -0.3 is 10.5 Å². The number of rotatable bonds is 1. The zero-order valence-electron chi connectivity index (χ0n) is 4.18. The quantitative estimate of drug-likeness (QED) is 0.511. The normalized spacial score (nSPS) is 18.7. The van der Waals surface area contributed by atoms with Crippen molar-refractivity contribution in [1.82, 2.24) is 0 Å². The van der Waals surface area contributed by atoms with Crippen molar-refractivity contribution in [2.75, 3.05) is 13.2 Å². The maximum atomic E-state index is 5.24. The van der Waals surface area contributed by atoms with Gasteiger partial charge in [-0.25, -0.2) is 0 Å². The van der Waals surface area contributed by atoms with E-state index in [0.717, 1.165) is 18.8 Å². The zero-order valence-corrected chi connectivity index (χ0v) is 4.18. The van der Waals surface area contributed by atoms with Crippen LogP contribution >= 0.6 is 0 Å². The molecule has 1 aliphatic rings. The Kier molecular flexibility index (Phi) is 1.32. The Morgan fingerprint density at radius 3 is 3.00 bits per heavy atom. The van der Waals surface area contributed by atoms with E-state index in [1.165, 1.54) is 0 Å². The van der Waals surface area contributed by atoms with Crippen LogP contribution in [0.15, 0.2) is 11.8 Å². The number of nitrogens with two attached hydrogens (primary N) is 1. The molecule has 0 radical (unpaired) electrons. The third-order valence-corrected chi connectivity index (χ3v) is 0.979. The van der Waals surface area contributed by atoms with Crippen LogP contribution in [0.4, 0.5) is 0 Å². The van der Waals surface area contributed by atoms with Gasteiger partial charge in [0.15, 0.2) is 0 Å². The maximum Gasteiger partial charge on any atom is 0.106 e. The van der Waals surface area contributed by atoms with Gasteiger partial charge in [0, 0.05) is 6.42 Å². The van der Waals surface area contributed by atoms with E-state index in [9.17, 15) is 0 Å². The van der Waals surface area contributed by atoms with Gasteiger partial charge in [0.2, 0.25) is 0 Å². The lowest BCUT2D eigenvalue weighted by Crippen LogP contribution is -2.02. The van der Waals surface area contributed by atoms with Crippen molar-refractivity contribution in [2.24, 2.45) is 5.73 Å². The molecule has 0 aliphatic carbocycles. The molecule has 0 aromatic rings. The predicted octanol–water partition coefficient (Wildman–Crippen LogP) is 0.249. The van der Waals surface area contributed by atoms with Crippen LogP contribution in [0.25, 0.3) is 0 Å². The summed E-state index contributed by atoms with van der Waals surface area (Å²) >= 11 is 0. The van der Waals surface area contributed by atoms with Crippen molar-refractivity contribution in [2.45, 2.75) is 6.42 Å². The first-order chi connectivity index (χ1) is 3.43. The first-order valence-corrected chi connectivity index (χ1v) is 2.45. The van der Waals surface area contributed by atoms with Crippen molar-refractivity contribution in [1.29, 1.82) is 0 Å². The summed E-state index contributed by atoms with van der Waals surface area (Å²) in [5.41, 5.74) is 5.24. The second-order valence-corrected chi connectivity index (χ2v) is 1.51. The van der Waals surface area contributed by atoms with E-state index in [-0.39, 0.29) is 0 Å². The van der Waals surface area contributed by atoms with Crippen molar-refractivity contribution < 1.29 is 4.74 Å². The van der Waals surface area contributed by atoms with E-state index in [4.69, 9.17) is 10.5 Å². The van der Waals surface area contributed by atoms with E-state index in [0.29, 0.717) is 6.54 Å². The van der Waals surface area contributed by atoms with Crippen LogP contribution < -0.4 is 5.73 Å². The first kappa shape index (κ1) is 4.65. The molecule has 0 fully saturated rings. The Morgan fingerprint density at radius 1 is 1.86 bits per heavy atom. The first-order valence-electron chi connectivity index (χ1n) is 2.45. The average Bonchev–Trinajstić information content (AvgIpc) is 2.14. The standard InChI is InChI=1S/C5H9NO/c6-4-5-2-1-3-7-5/h2H,1,3-4,6H2. The molecule has 1 aliphatic heterocycles. The maximum absolute atomic E-state index is 5.24. The van der Waals surface area contributed by atoms with E-state index in [1.807, 2.05) is 6.08 Å². The van der Waals surface area contributed by atoms with Gasteiger partial charge in [0.05, 0.1) is 13.2 Å². The van der Waals surface area contributed by atoms with Gasteiger partial charge in [0.1, 0.15) is 5.76 Å². The fourth-order valence-corrected chi connectivity index (χ4v) is 0.611. The van der Waals surface area contributed by atoms with Crippen LogP contribution in [-0.2, 0) is 4.74 Å². The highest BCUT2D eigenvalue weighted by atomic mass is 16.5. The molecule has 2 N–H and O–H groups in total. The third-order valence-electron chi connectivity index (χ3n) is 0.979. The molecule has 2 heteroatoms. The smallest absolute Gasteiger partial charge is 0.106 e. The Labute approximate surface area is 43.0 Å². The van der Waals surface area contributed by atoms with Gasteiger partial charge in [-0.05, 0) is 6.08 Å². The van der Waals surface area contributed by atoms with Crippen LogP contribution in [0.3, 0.4) is 0 Å². The van der Waals surface area contributed by atoms with E-state index in [1.54, 1.807) is 0 Å². The number of hydrogen-bond acceptors (Lipinski definition) is 2. The lowest BCUT2D eigenvalue weighted by molar-refractivity contribution is 0.242. The van der Waals surface area contributed by atoms with E-state index < -0.39 is 0 Å². The second kappa shape index (κ2) is 1.98. The minimum absolute atomic E-state index is 0.556. The van der Waals surface area contributed by atoms with Gasteiger partial charge in [-0.1, -0.05) is 0 Å². The summed E-state index contributed by atoms with van der Waals surface area (Å²) in [6.45, 7) is 1.38. The van der Waals surface area contributed by atoms with E-state index >= 15 is 0 Å². The van der Waals surface area contributed by atoms with Crippen LogP contribution in [0.5, 0.6) is 0 Å². The van der Waals surface area contributed by atoms with Crippen LogP contribution in [-0.4, -0.2) is 13.2 Å². The molecule has 0 unspecified atom stereocenters. The van der Waals surface area contributed by atoms with Crippen LogP contribution in [0, 0.1) is 0 Å². The molecular formula is C5H9NO. The predicted molar refractivity (Wildman–Crippen MR) is 27.7 cm³/mol. The van der Waals surface area contributed by atoms with Crippen molar-refractivity contribution in [3.05, 3.63) is 11.8 Å². The van der Waals surface area contributed by atoms with Gasteiger partial charge in [-0.3, -0.25) is 0 Å². The van der Waals surface area contributed by atoms with Gasteiger partial charge in [0.25, 0.3) is 0 Å². The van der Waals surface area contributed by atoms with E-state index in [2.05, 4.69) is 0 Å². The monoisotopic (exact) mass is 99.1 g/mol. The Morgan fingerprint density at radius 2 is 2.71 bits per heavy atom. The summed E-state index contributed by atoms with van der Waals surface area (Å²) < 4.78 is 5.04. The average molecular weight is 99.1 g/mol. The summed E-state index contributed by atoms with van der Waals surface area (Å²) in [6, 6.07) is 0. The summed E-state index contributed by atoms with van der Waals surface area (Å²) in [7, 11) is 0. The minimum atomic E-state index is 0.556. The number of hydrogen-bond donors (Lipinski definition) is 1. The lowest BCUT2D eigenvalue weighted by atomic mass is 10.4. The highest BCUT2D eigenvalue weighted by Crippen LogP contribution is 2.05. The highest BCUT2D eigenvalue weighted by Gasteiger charge is 1.99.